The highest BCUT2D eigenvalue weighted by Gasteiger charge is 2.23. The van der Waals surface area contributed by atoms with E-state index in [0.717, 1.165) is 50.8 Å². The van der Waals surface area contributed by atoms with E-state index in [0.29, 0.717) is 47.2 Å². The molecule has 246 valence electrons. The fraction of sp³-hybridized carbons (Fsp3) is 0.394. The topological polar surface area (TPSA) is 191 Å². The third kappa shape index (κ3) is 10.4. The van der Waals surface area contributed by atoms with Gasteiger partial charge in [-0.1, -0.05) is 31.0 Å². The van der Waals surface area contributed by atoms with Gasteiger partial charge in [0.15, 0.2) is 0 Å². The van der Waals surface area contributed by atoms with Crippen molar-refractivity contribution < 1.29 is 38.9 Å². The van der Waals surface area contributed by atoms with Crippen LogP contribution in [-0.4, -0.2) is 71.7 Å². The number of amides is 1. The number of pyridine rings is 1. The Balaban J connectivity index is 0.00000185. The van der Waals surface area contributed by atoms with Gasteiger partial charge in [0.1, 0.15) is 35.8 Å². The predicted octanol–water partition coefficient (Wildman–Crippen LogP) is 4.26. The van der Waals surface area contributed by atoms with Crippen LogP contribution in [-0.2, 0) is 9.59 Å². The largest absolute Gasteiger partial charge is 0.493 e. The lowest BCUT2D eigenvalue weighted by atomic mass is 9.97. The molecule has 4 rings (SSSR count). The Morgan fingerprint density at radius 3 is 2.37 bits per heavy atom. The second-order valence-electron chi connectivity index (χ2n) is 10.6. The molecule has 12 nitrogen and oxygen atoms in total. The van der Waals surface area contributed by atoms with Gasteiger partial charge in [0.2, 0.25) is 5.91 Å². The maximum atomic E-state index is 14.9. The molecule has 0 radical (unpaired) electrons. The highest BCUT2D eigenvalue weighted by Crippen LogP contribution is 2.42. The summed E-state index contributed by atoms with van der Waals surface area (Å²) in [6.07, 6.45) is 4.95. The number of nitrogens with zero attached hydrogens (tertiary/aromatic N) is 3. The normalized spacial score (nSPS) is 12.8. The minimum Gasteiger partial charge on any atom is -0.493 e. The number of carboxylic acid groups (broad SMARTS) is 1. The van der Waals surface area contributed by atoms with E-state index < -0.39 is 11.7 Å². The van der Waals surface area contributed by atoms with Crippen molar-refractivity contribution >= 4 is 18.2 Å². The van der Waals surface area contributed by atoms with E-state index in [1.165, 1.54) is 12.1 Å². The van der Waals surface area contributed by atoms with Gasteiger partial charge >= 0.3 is 0 Å². The van der Waals surface area contributed by atoms with Gasteiger partial charge in [-0.05, 0) is 55.5 Å². The molecule has 2 heterocycles. The Morgan fingerprint density at radius 1 is 1.07 bits per heavy atom. The number of piperidine rings is 1. The molecule has 1 amide bonds. The average molecular weight is 638 g/mol. The number of ether oxygens (including phenoxy) is 2. The van der Waals surface area contributed by atoms with Gasteiger partial charge in [-0.2, -0.15) is 5.26 Å². The first-order chi connectivity index (χ1) is 22.3. The number of carbonyl (C=O) groups excluding carboxylic acids is 1. The Bertz CT molecular complexity index is 1460. The van der Waals surface area contributed by atoms with Gasteiger partial charge in [-0.15, -0.1) is 0 Å². The number of carbonyl (C=O) groups is 2. The number of unbranched alkanes of at least 4 members (excludes halogenated alkanes) is 3. The Hall–Kier alpha value is -4.77. The van der Waals surface area contributed by atoms with Gasteiger partial charge in [0.05, 0.1) is 30.0 Å². The van der Waals surface area contributed by atoms with Crippen LogP contribution in [0.5, 0.6) is 11.5 Å². The molecular formula is C33H40FN5O7. The molecule has 1 aliphatic rings. The van der Waals surface area contributed by atoms with Gasteiger partial charge in [-0.25, -0.2) is 14.9 Å². The number of hydrogen-bond donors (Lipinski definition) is 5. The van der Waals surface area contributed by atoms with Crippen LogP contribution in [0.25, 0.3) is 22.4 Å². The van der Waals surface area contributed by atoms with E-state index in [9.17, 15) is 14.4 Å². The molecule has 0 unspecified atom stereocenters. The molecule has 6 N–H and O–H groups in total. The molecule has 13 heteroatoms. The molecule has 0 atom stereocenters. The highest BCUT2D eigenvalue weighted by atomic mass is 19.1. The van der Waals surface area contributed by atoms with Crippen molar-refractivity contribution in [2.45, 2.75) is 51.0 Å². The lowest BCUT2D eigenvalue weighted by molar-refractivity contribution is -0.129. The molecule has 0 aliphatic carbocycles. The van der Waals surface area contributed by atoms with E-state index in [1.807, 2.05) is 24.3 Å². The van der Waals surface area contributed by atoms with E-state index in [-0.39, 0.29) is 37.7 Å². The molecule has 1 aliphatic heterocycles. The summed E-state index contributed by atoms with van der Waals surface area (Å²) in [6.45, 7) is 1.69. The second-order valence-corrected chi connectivity index (χ2v) is 10.6. The molecule has 1 saturated heterocycles. The molecule has 0 saturated carbocycles. The quantitative estimate of drug-likeness (QED) is 0.0734. The van der Waals surface area contributed by atoms with Crippen LogP contribution in [0.3, 0.4) is 0 Å². The fourth-order valence-corrected chi connectivity index (χ4v) is 5.01. The molecule has 1 fully saturated rings. The SMILES string of the molecule is N#Cc1ccc(-c2nc(N3CCC(N)CC3)cc(OCCCCCCC(=O)NO)c2-c2ccc(OCCO)cc2)cc1F.O=CO. The van der Waals surface area contributed by atoms with Gasteiger partial charge < -0.3 is 30.3 Å². The number of rotatable bonds is 14. The van der Waals surface area contributed by atoms with E-state index in [2.05, 4.69) is 4.90 Å². The maximum absolute atomic E-state index is 14.9. The number of nitrogens with one attached hydrogen (secondary N) is 1. The summed E-state index contributed by atoms with van der Waals surface area (Å²) < 4.78 is 26.8. The van der Waals surface area contributed by atoms with E-state index in [4.69, 9.17) is 40.4 Å². The highest BCUT2D eigenvalue weighted by molar-refractivity contribution is 5.87. The number of aliphatic hydroxyl groups is 1. The average Bonchev–Trinajstić information content (AvgIpc) is 3.07. The minimum atomic E-state index is -0.632. The van der Waals surface area contributed by atoms with Gasteiger partial charge in [0.25, 0.3) is 6.47 Å². The summed E-state index contributed by atoms with van der Waals surface area (Å²) in [5.41, 5.74) is 10.2. The summed E-state index contributed by atoms with van der Waals surface area (Å²) in [4.78, 5) is 26.8. The van der Waals surface area contributed by atoms with Crippen LogP contribution in [0.2, 0.25) is 0 Å². The van der Waals surface area contributed by atoms with Gasteiger partial charge in [-0.3, -0.25) is 14.8 Å². The number of hydrogen-bond acceptors (Lipinski definition) is 10. The molecular weight excluding hydrogens is 597 g/mol. The van der Waals surface area contributed by atoms with Crippen LogP contribution in [0.15, 0.2) is 48.5 Å². The Morgan fingerprint density at radius 2 is 1.74 bits per heavy atom. The summed E-state index contributed by atoms with van der Waals surface area (Å²) in [5, 5.41) is 34.0. The van der Waals surface area contributed by atoms with Crippen LogP contribution in [0, 0.1) is 17.1 Å². The van der Waals surface area contributed by atoms with Crippen LogP contribution >= 0.6 is 0 Å². The van der Waals surface area contributed by atoms with Crippen molar-refractivity contribution in [1.82, 2.24) is 10.5 Å². The fourth-order valence-electron chi connectivity index (χ4n) is 5.01. The number of aliphatic hydroxyl groups excluding tert-OH is 1. The molecule has 0 bridgehead atoms. The standard InChI is InChI=1S/C32H38FN5O5.CH2O2/c33-27-19-23(6-7-24(27)21-34)32-31(22-8-10-26(11-9-22)42-18-16-39)28(43-17-4-2-1-3-5-30(40)37-41)20-29(36-32)38-14-12-25(35)13-15-38;2-1-3/h6-11,19-20,25,39,41H,1-5,12-18,35H2,(H,37,40);1H,(H,2,3). The van der Waals surface area contributed by atoms with Crippen molar-refractivity contribution in [3.05, 3.63) is 59.9 Å². The lowest BCUT2D eigenvalue weighted by Gasteiger charge is -2.32. The van der Waals surface area contributed by atoms with Crippen molar-refractivity contribution in [2.75, 3.05) is 37.8 Å². The molecule has 0 spiro atoms. The smallest absolute Gasteiger partial charge is 0.290 e. The van der Waals surface area contributed by atoms with Crippen molar-refractivity contribution in [2.24, 2.45) is 5.73 Å². The number of anilines is 1. The third-order valence-electron chi connectivity index (χ3n) is 7.38. The number of nitrogens with two attached hydrogens (primary N) is 1. The van der Waals surface area contributed by atoms with Crippen molar-refractivity contribution in [1.29, 1.82) is 5.26 Å². The first-order valence-electron chi connectivity index (χ1n) is 15.1. The van der Waals surface area contributed by atoms with E-state index >= 15 is 0 Å². The molecule has 46 heavy (non-hydrogen) atoms. The first kappa shape index (κ1) is 35.7. The van der Waals surface area contributed by atoms with Crippen LogP contribution in [0.4, 0.5) is 10.2 Å². The number of halogens is 1. The zero-order chi connectivity index (χ0) is 33.3. The lowest BCUT2D eigenvalue weighted by Crippen LogP contribution is -2.40. The predicted molar refractivity (Wildman–Crippen MR) is 169 cm³/mol. The minimum absolute atomic E-state index is 0.0511. The molecule has 1 aromatic heterocycles. The number of aromatic nitrogens is 1. The zero-order valence-corrected chi connectivity index (χ0v) is 25.5. The van der Waals surface area contributed by atoms with Crippen molar-refractivity contribution in [3.8, 4) is 40.0 Å². The Labute approximate surface area is 267 Å². The summed E-state index contributed by atoms with van der Waals surface area (Å²) >= 11 is 0. The van der Waals surface area contributed by atoms with E-state index in [1.54, 1.807) is 23.7 Å². The number of nitriles is 1. The maximum Gasteiger partial charge on any atom is 0.290 e. The summed E-state index contributed by atoms with van der Waals surface area (Å²) in [7, 11) is 0. The third-order valence-corrected chi connectivity index (χ3v) is 7.38. The number of benzene rings is 2. The monoisotopic (exact) mass is 637 g/mol. The number of hydroxylamine groups is 1. The first-order valence-corrected chi connectivity index (χ1v) is 15.1. The van der Waals surface area contributed by atoms with Crippen LogP contribution in [0.1, 0.15) is 50.5 Å². The molecule has 2 aromatic carbocycles. The summed E-state index contributed by atoms with van der Waals surface area (Å²) in [5.74, 6) is 0.845. The van der Waals surface area contributed by atoms with Gasteiger partial charge in [0, 0.05) is 37.2 Å². The molecule has 3 aromatic rings. The van der Waals surface area contributed by atoms with Crippen LogP contribution < -0.4 is 25.6 Å². The second kappa shape index (κ2) is 18.9. The Kier molecular flexibility index (Phi) is 14.7. The van der Waals surface area contributed by atoms with Crippen molar-refractivity contribution in [3.63, 3.8) is 0 Å². The summed E-state index contributed by atoms with van der Waals surface area (Å²) in [6, 6.07) is 15.7. The zero-order valence-electron chi connectivity index (χ0n) is 25.5.